The number of rotatable bonds is 31. The Labute approximate surface area is 644 Å². The Balaban J connectivity index is -0.000000220. The summed E-state index contributed by atoms with van der Waals surface area (Å²) in [6.45, 7) is -4.50. The van der Waals surface area contributed by atoms with Crippen LogP contribution in [0.1, 0.15) is 0 Å². The average Bonchev–Trinajstić information content (AvgIpc) is 0.955. The first-order chi connectivity index (χ1) is 53.3. The molecule has 0 saturated heterocycles. The van der Waals surface area contributed by atoms with E-state index in [0.29, 0.717) is 34.1 Å². The van der Waals surface area contributed by atoms with Crippen LogP contribution in [0.3, 0.4) is 0 Å². The Morgan fingerprint density at radius 2 is 0.274 bits per heavy atom. The highest BCUT2D eigenvalue weighted by atomic mass is 16.4. The summed E-state index contributed by atoms with van der Waals surface area (Å²) in [5, 5.41) is 173. The van der Waals surface area contributed by atoms with Crippen molar-refractivity contribution in [3.05, 3.63) is 182 Å². The van der Waals surface area contributed by atoms with E-state index < -0.39 is 153 Å². The zero-order valence-electron chi connectivity index (χ0n) is 60.3. The summed E-state index contributed by atoms with van der Waals surface area (Å²) in [6.07, 6.45) is 0. The number of carboxylic acid groups (broad SMARTS) is 13. The summed E-state index contributed by atoms with van der Waals surface area (Å²) in [6, 6.07) is 47.7. The highest BCUT2D eigenvalue weighted by Crippen LogP contribution is 2.11. The molecule has 6 aromatic carbocycles. The second kappa shape index (κ2) is 76.9. The van der Waals surface area contributed by atoms with Crippen LogP contribution in [0.4, 0.5) is 34.1 Å². The Morgan fingerprint density at radius 1 is 0.195 bits per heavy atom. The van der Waals surface area contributed by atoms with Crippen molar-refractivity contribution >= 4 is 112 Å². The van der Waals surface area contributed by atoms with Crippen LogP contribution in [0.2, 0.25) is 0 Å². The van der Waals surface area contributed by atoms with Crippen LogP contribution in [0, 0.1) is 0 Å². The normalized spacial score (nSPS) is 10.6. The maximum atomic E-state index is 10.5. The van der Waals surface area contributed by atoms with E-state index in [0.717, 1.165) is 0 Å². The largest absolute Gasteiger partial charge is 0.480 e. The predicted octanol–water partition coefficient (Wildman–Crippen LogP) is -3.53. The van der Waals surface area contributed by atoms with Crippen LogP contribution in [0.5, 0.6) is 0 Å². The molecule has 39 N–H and O–H groups in total. The minimum atomic E-state index is -1.06. The van der Waals surface area contributed by atoms with E-state index in [1.165, 1.54) is 0 Å². The minimum Gasteiger partial charge on any atom is -0.480 e. The molecular formula is C68H101N13O32. The lowest BCUT2D eigenvalue weighted by Gasteiger charge is -2.12. The van der Waals surface area contributed by atoms with Gasteiger partial charge >= 0.3 is 77.6 Å². The number of anilines is 6. The number of aliphatic hydroxyl groups is 6. The molecule has 0 spiro atoms. The van der Waals surface area contributed by atoms with Gasteiger partial charge in [0, 0.05) is 34.1 Å². The summed E-state index contributed by atoms with van der Waals surface area (Å²) in [7, 11) is 0. The molecule has 45 heteroatoms. The smallest absolute Gasteiger partial charge is 0.328 e. The number of aliphatic hydroxyl groups excluding tert-OH is 6. The topological polar surface area (TPSA) is 861 Å². The van der Waals surface area contributed by atoms with Gasteiger partial charge in [-0.3, -0.25) is 33.6 Å². The Hall–Kier alpha value is -13.3. The molecule has 0 radical (unpaired) electrons. The molecule has 6 atom stereocenters. The van der Waals surface area contributed by atoms with Gasteiger partial charge in [0.2, 0.25) is 0 Å². The molecule has 45 nitrogen and oxygen atoms in total. The third kappa shape index (κ3) is 78.1. The molecule has 113 heavy (non-hydrogen) atoms. The minimum absolute atomic E-state index is 0.278. The number of benzene rings is 6. The molecule has 0 aliphatic heterocycles. The third-order valence-corrected chi connectivity index (χ3v) is 10.8. The molecule has 6 rings (SSSR count). The quantitative estimate of drug-likeness (QED) is 0.0201. The van der Waals surface area contributed by atoms with Gasteiger partial charge in [0.1, 0.15) is 36.3 Å². The first-order valence-electron chi connectivity index (χ1n) is 31.7. The molecule has 630 valence electrons. The maximum absolute atomic E-state index is 10.5. The summed E-state index contributed by atoms with van der Waals surface area (Å²) in [4.78, 5) is 128. The van der Waals surface area contributed by atoms with Gasteiger partial charge in [0.25, 0.3) is 0 Å². The SMILES string of the molecule is NCC(=O)O.NCC(=O)O.NCC(=O)O.NCC(=O)O.NCC(=O)O.NCC(=O)O.NCC(=O)O.O=C(O)[C@H](CO)Nc1ccccc1.O=C(O)[C@H](CO)Nc1ccccc1.O=C(O)[C@H](CO)Nc1ccccc1.O=C(O)[C@H](CO)Nc1ccccc1.O=C(O)[C@H](CO)Nc1ccccc1.O=C(O)[C@H](CO)Nc1ccccc1. The van der Waals surface area contributed by atoms with E-state index >= 15 is 0 Å². The predicted molar refractivity (Wildman–Crippen MR) is 408 cm³/mol. The lowest BCUT2D eigenvalue weighted by atomic mass is 10.2. The Morgan fingerprint density at radius 3 is 0.327 bits per heavy atom. The van der Waals surface area contributed by atoms with Crippen LogP contribution in [0.15, 0.2) is 182 Å². The van der Waals surface area contributed by atoms with E-state index in [-0.39, 0.29) is 45.8 Å². The number of carbonyl (C=O) groups is 13. The fourth-order valence-corrected chi connectivity index (χ4v) is 5.53. The first kappa shape index (κ1) is 113. The maximum Gasteiger partial charge on any atom is 0.328 e. The molecular weight excluding hydrogens is 1510 g/mol. The lowest BCUT2D eigenvalue weighted by Crippen LogP contribution is -2.32. The fourth-order valence-electron chi connectivity index (χ4n) is 5.53. The number of carboxylic acids is 13. The van der Waals surface area contributed by atoms with Crippen molar-refractivity contribution in [3.63, 3.8) is 0 Å². The van der Waals surface area contributed by atoms with Crippen molar-refractivity contribution in [2.24, 2.45) is 40.1 Å². The van der Waals surface area contributed by atoms with Gasteiger partial charge < -0.3 is 169 Å². The van der Waals surface area contributed by atoms with Gasteiger partial charge in [-0.25, -0.2) is 28.8 Å². The standard InChI is InChI=1S/6C9H11NO3.7C2H5NO2/c6*11-6-8(9(12)13)10-7-4-2-1-3-5-7;7*3-1-2(4)5/h6*1-5,8,10-11H,6H2,(H,12,13);7*1,3H2,(H,4,5)/t6*8-;;;;;;;/m000000......./s1. The highest BCUT2D eigenvalue weighted by Gasteiger charge is 2.19. The van der Waals surface area contributed by atoms with Crippen molar-refractivity contribution in [3.8, 4) is 0 Å². The van der Waals surface area contributed by atoms with Gasteiger partial charge in [-0.2, -0.15) is 0 Å². The van der Waals surface area contributed by atoms with Gasteiger partial charge in [-0.05, 0) is 72.8 Å². The van der Waals surface area contributed by atoms with E-state index in [2.05, 4.69) is 72.0 Å². The highest BCUT2D eigenvalue weighted by molar-refractivity contribution is 5.80. The summed E-state index contributed by atoms with van der Waals surface area (Å²) >= 11 is 0. The summed E-state index contributed by atoms with van der Waals surface area (Å²) in [5.41, 5.74) is 36.1. The van der Waals surface area contributed by atoms with Crippen molar-refractivity contribution < 1.29 is 159 Å². The van der Waals surface area contributed by atoms with E-state index in [1.54, 1.807) is 146 Å². The molecule has 0 heterocycles. The van der Waals surface area contributed by atoms with Crippen LogP contribution in [0.25, 0.3) is 0 Å². The second-order valence-corrected chi connectivity index (χ2v) is 19.7. The fraction of sp³-hybridized carbons (Fsp3) is 0.279. The lowest BCUT2D eigenvalue weighted by molar-refractivity contribution is -0.139. The van der Waals surface area contributed by atoms with E-state index in [9.17, 15) is 62.3 Å². The Bertz CT molecular complexity index is 2890. The number of hydrogen-bond acceptors (Lipinski definition) is 32. The van der Waals surface area contributed by atoms with Crippen LogP contribution >= 0.6 is 0 Å². The number of para-hydroxylation sites is 6. The zero-order chi connectivity index (χ0) is 88.1. The third-order valence-electron chi connectivity index (χ3n) is 10.8. The van der Waals surface area contributed by atoms with E-state index in [4.69, 9.17) is 97.0 Å². The number of hydrogen-bond donors (Lipinski definition) is 32. The average molecular weight is 1610 g/mol. The van der Waals surface area contributed by atoms with Crippen LogP contribution < -0.4 is 72.0 Å². The molecule has 0 aliphatic carbocycles. The second-order valence-electron chi connectivity index (χ2n) is 19.7. The monoisotopic (exact) mass is 1610 g/mol. The van der Waals surface area contributed by atoms with Gasteiger partial charge in [-0.1, -0.05) is 109 Å². The van der Waals surface area contributed by atoms with Gasteiger partial charge in [0.15, 0.2) is 0 Å². The summed E-state index contributed by atoms with van der Waals surface area (Å²) in [5.74, 6) is -13.2. The molecule has 0 aromatic heterocycles. The summed E-state index contributed by atoms with van der Waals surface area (Å²) < 4.78 is 0. The molecule has 0 aliphatic rings. The first-order valence-corrected chi connectivity index (χ1v) is 31.7. The van der Waals surface area contributed by atoms with Crippen LogP contribution in [-0.4, -0.2) is 296 Å². The molecule has 0 saturated carbocycles. The number of nitrogens with one attached hydrogen (secondary N) is 6. The number of aliphatic carboxylic acids is 13. The van der Waals surface area contributed by atoms with Crippen molar-refractivity contribution in [2.45, 2.75) is 36.3 Å². The number of nitrogens with two attached hydrogens (primary N) is 7. The van der Waals surface area contributed by atoms with Crippen molar-refractivity contribution in [2.75, 3.05) is 117 Å². The molecule has 0 bridgehead atoms. The van der Waals surface area contributed by atoms with E-state index in [1.807, 2.05) is 36.4 Å². The van der Waals surface area contributed by atoms with Gasteiger partial charge in [0.05, 0.1) is 85.5 Å². The molecule has 0 unspecified atom stereocenters. The Kier molecular flexibility index (Phi) is 76.9. The van der Waals surface area contributed by atoms with Crippen LogP contribution in [-0.2, 0) is 62.3 Å². The molecule has 0 fully saturated rings. The van der Waals surface area contributed by atoms with Crippen molar-refractivity contribution in [1.29, 1.82) is 0 Å². The molecule has 6 aromatic rings. The molecule has 0 amide bonds. The van der Waals surface area contributed by atoms with Crippen molar-refractivity contribution in [1.82, 2.24) is 0 Å². The van der Waals surface area contributed by atoms with Gasteiger partial charge in [-0.15, -0.1) is 0 Å². The zero-order valence-corrected chi connectivity index (χ0v) is 60.3.